The van der Waals surface area contributed by atoms with Crippen LogP contribution in [0.2, 0.25) is 0 Å². The van der Waals surface area contributed by atoms with Gasteiger partial charge in [-0.15, -0.1) is 0 Å². The predicted octanol–water partition coefficient (Wildman–Crippen LogP) is 6.68. The molecule has 1 N–H and O–H groups in total. The van der Waals surface area contributed by atoms with E-state index in [2.05, 4.69) is 19.2 Å². The minimum absolute atomic E-state index is 0.0871. The number of rotatable bonds is 9. The molecule has 0 unspecified atom stereocenters. The van der Waals surface area contributed by atoms with E-state index >= 15 is 0 Å². The van der Waals surface area contributed by atoms with Gasteiger partial charge in [-0.2, -0.15) is 0 Å². The van der Waals surface area contributed by atoms with Crippen LogP contribution in [0.4, 0.5) is 10.5 Å². The van der Waals surface area contributed by atoms with E-state index in [9.17, 15) is 4.79 Å². The highest BCUT2D eigenvalue weighted by Gasteiger charge is 2.15. The topological polar surface area (TPSA) is 44.7 Å². The Labute approximate surface area is 191 Å². The highest BCUT2D eigenvalue weighted by atomic mass is 16.2. The highest BCUT2D eigenvalue weighted by molar-refractivity contribution is 6.13. The fourth-order valence-electron chi connectivity index (χ4n) is 3.43. The Hall–Kier alpha value is -3.66. The molecule has 164 valence electrons. The van der Waals surface area contributed by atoms with Crippen LogP contribution in [0.15, 0.2) is 102 Å². The normalized spacial score (nSPS) is 11.8. The Bertz CT molecular complexity index is 1020. The Balaban J connectivity index is 2.05. The first-order chi connectivity index (χ1) is 15.7. The number of carbonyl (C=O) groups is 1. The molecule has 3 aromatic rings. The molecule has 0 fully saturated rings. The fraction of sp³-hybridized carbons (Fsp3) is 0.214. The van der Waals surface area contributed by atoms with E-state index in [1.54, 1.807) is 0 Å². The SMILES string of the molecule is CCCN(CCC)C(=O)N/C(=C\C(=Nc1ccccc1)c1ccccc1)c1ccccc1. The number of carbonyl (C=O) groups excluding carboxylic acids is 1. The smallest absolute Gasteiger partial charge is 0.321 e. The van der Waals surface area contributed by atoms with Crippen molar-refractivity contribution in [2.24, 2.45) is 4.99 Å². The molecular weight excluding hydrogens is 394 g/mol. The van der Waals surface area contributed by atoms with Crippen molar-refractivity contribution in [3.05, 3.63) is 108 Å². The van der Waals surface area contributed by atoms with Gasteiger partial charge in [-0.05, 0) is 36.6 Å². The minimum atomic E-state index is -0.0871. The molecule has 0 saturated heterocycles. The van der Waals surface area contributed by atoms with Crippen LogP contribution < -0.4 is 5.32 Å². The second-order valence-electron chi connectivity index (χ2n) is 7.54. The van der Waals surface area contributed by atoms with Gasteiger partial charge in [-0.25, -0.2) is 9.79 Å². The van der Waals surface area contributed by atoms with Crippen molar-refractivity contribution in [2.45, 2.75) is 26.7 Å². The van der Waals surface area contributed by atoms with Gasteiger partial charge in [-0.3, -0.25) is 0 Å². The van der Waals surface area contributed by atoms with Gasteiger partial charge < -0.3 is 10.2 Å². The van der Waals surface area contributed by atoms with E-state index in [-0.39, 0.29) is 6.03 Å². The Morgan fingerprint density at radius 2 is 1.28 bits per heavy atom. The molecule has 2 amide bonds. The van der Waals surface area contributed by atoms with E-state index in [0.29, 0.717) is 0 Å². The number of hydrogen-bond acceptors (Lipinski definition) is 2. The van der Waals surface area contributed by atoms with Gasteiger partial charge in [-0.1, -0.05) is 92.7 Å². The first-order valence-electron chi connectivity index (χ1n) is 11.2. The number of amides is 2. The van der Waals surface area contributed by atoms with E-state index in [1.165, 1.54) is 0 Å². The highest BCUT2D eigenvalue weighted by Crippen LogP contribution is 2.18. The van der Waals surface area contributed by atoms with Crippen molar-refractivity contribution in [3.63, 3.8) is 0 Å². The average Bonchev–Trinajstić information content (AvgIpc) is 2.84. The summed E-state index contributed by atoms with van der Waals surface area (Å²) in [5, 5.41) is 3.16. The molecule has 0 heterocycles. The van der Waals surface area contributed by atoms with Gasteiger partial charge in [0.1, 0.15) is 0 Å². The zero-order valence-electron chi connectivity index (χ0n) is 18.9. The van der Waals surface area contributed by atoms with Crippen molar-refractivity contribution in [2.75, 3.05) is 13.1 Å². The lowest BCUT2D eigenvalue weighted by atomic mass is 10.1. The summed E-state index contributed by atoms with van der Waals surface area (Å²) < 4.78 is 0. The number of nitrogens with one attached hydrogen (secondary N) is 1. The van der Waals surface area contributed by atoms with Gasteiger partial charge in [0, 0.05) is 18.7 Å². The largest absolute Gasteiger partial charge is 0.325 e. The van der Waals surface area contributed by atoms with Gasteiger partial charge in [0.25, 0.3) is 0 Å². The maximum absolute atomic E-state index is 13.1. The second kappa shape index (κ2) is 12.3. The number of urea groups is 1. The third-order valence-electron chi connectivity index (χ3n) is 4.96. The molecule has 4 nitrogen and oxygen atoms in total. The molecule has 0 aliphatic heterocycles. The molecule has 32 heavy (non-hydrogen) atoms. The number of nitrogens with zero attached hydrogens (tertiary/aromatic N) is 2. The van der Waals surface area contributed by atoms with Crippen LogP contribution in [0.3, 0.4) is 0 Å². The quantitative estimate of drug-likeness (QED) is 0.382. The van der Waals surface area contributed by atoms with E-state index in [1.807, 2.05) is 102 Å². The van der Waals surface area contributed by atoms with Crippen LogP contribution in [-0.2, 0) is 0 Å². The molecule has 0 aliphatic rings. The molecule has 0 aromatic heterocycles. The summed E-state index contributed by atoms with van der Waals surface area (Å²) in [5.41, 5.74) is 4.29. The summed E-state index contributed by atoms with van der Waals surface area (Å²) in [5.74, 6) is 0. The maximum Gasteiger partial charge on any atom is 0.321 e. The first kappa shape index (κ1) is 23.0. The zero-order valence-corrected chi connectivity index (χ0v) is 18.9. The lowest BCUT2D eigenvalue weighted by Gasteiger charge is -2.23. The molecule has 4 heteroatoms. The lowest BCUT2D eigenvalue weighted by Crippen LogP contribution is -2.40. The number of allylic oxidation sites excluding steroid dienone is 1. The Morgan fingerprint density at radius 1 is 0.781 bits per heavy atom. The number of benzene rings is 3. The Morgan fingerprint density at radius 3 is 1.81 bits per heavy atom. The molecular formula is C28H31N3O. The van der Waals surface area contributed by atoms with E-state index < -0.39 is 0 Å². The molecule has 3 aromatic carbocycles. The van der Waals surface area contributed by atoms with Crippen LogP contribution in [0.25, 0.3) is 5.70 Å². The number of hydrogen-bond donors (Lipinski definition) is 1. The minimum Gasteiger partial charge on any atom is -0.325 e. The second-order valence-corrected chi connectivity index (χ2v) is 7.54. The Kier molecular flexibility index (Phi) is 8.81. The van der Waals surface area contributed by atoms with E-state index in [0.717, 1.165) is 54.2 Å². The van der Waals surface area contributed by atoms with Crippen LogP contribution in [0.5, 0.6) is 0 Å². The van der Waals surface area contributed by atoms with Crippen molar-refractivity contribution >= 4 is 23.1 Å². The molecule has 0 bridgehead atoms. The van der Waals surface area contributed by atoms with Crippen LogP contribution in [-0.4, -0.2) is 29.7 Å². The monoisotopic (exact) mass is 425 g/mol. The first-order valence-corrected chi connectivity index (χ1v) is 11.2. The van der Waals surface area contributed by atoms with Gasteiger partial charge in [0.2, 0.25) is 0 Å². The van der Waals surface area contributed by atoms with E-state index in [4.69, 9.17) is 4.99 Å². The van der Waals surface area contributed by atoms with Crippen LogP contribution in [0, 0.1) is 0 Å². The van der Waals surface area contributed by atoms with Crippen molar-refractivity contribution in [1.82, 2.24) is 10.2 Å². The summed E-state index contributed by atoms with van der Waals surface area (Å²) >= 11 is 0. The summed E-state index contributed by atoms with van der Waals surface area (Å²) in [6.07, 6.45) is 3.80. The molecule has 3 rings (SSSR count). The summed E-state index contributed by atoms with van der Waals surface area (Å²) in [7, 11) is 0. The lowest BCUT2D eigenvalue weighted by molar-refractivity contribution is 0.202. The van der Waals surface area contributed by atoms with Crippen molar-refractivity contribution in [3.8, 4) is 0 Å². The van der Waals surface area contributed by atoms with Crippen LogP contribution >= 0.6 is 0 Å². The molecule has 0 atom stereocenters. The summed E-state index contributed by atoms with van der Waals surface area (Å²) in [4.78, 5) is 19.9. The molecule has 0 radical (unpaired) electrons. The van der Waals surface area contributed by atoms with Crippen LogP contribution in [0.1, 0.15) is 37.8 Å². The van der Waals surface area contributed by atoms with Gasteiger partial charge >= 0.3 is 6.03 Å². The fourth-order valence-corrected chi connectivity index (χ4v) is 3.43. The third kappa shape index (κ3) is 6.67. The summed E-state index contributed by atoms with van der Waals surface area (Å²) in [6, 6.07) is 29.7. The number of aliphatic imine (C=N–C) groups is 1. The van der Waals surface area contributed by atoms with Crippen molar-refractivity contribution in [1.29, 1.82) is 0 Å². The average molecular weight is 426 g/mol. The summed E-state index contributed by atoms with van der Waals surface area (Å²) in [6.45, 7) is 5.63. The van der Waals surface area contributed by atoms with Gasteiger partial charge in [0.05, 0.1) is 17.1 Å². The standard InChI is InChI=1S/C28H31N3O/c1-3-20-31(21-4-2)28(32)30-27(24-16-10-6-11-17-24)22-26(23-14-8-5-9-15-23)29-25-18-12-7-13-19-25/h5-19,22H,3-4,20-21H2,1-2H3,(H,30,32)/b27-22-,29-26?. The third-order valence-corrected chi connectivity index (χ3v) is 4.96. The zero-order chi connectivity index (χ0) is 22.6. The maximum atomic E-state index is 13.1. The van der Waals surface area contributed by atoms with Gasteiger partial charge in [0.15, 0.2) is 0 Å². The molecule has 0 spiro atoms. The predicted molar refractivity (Wildman–Crippen MR) is 134 cm³/mol. The number of para-hydroxylation sites is 1. The molecule has 0 aliphatic carbocycles. The molecule has 0 saturated carbocycles. The van der Waals surface area contributed by atoms with Crippen molar-refractivity contribution < 1.29 is 4.79 Å².